The minimum absolute atomic E-state index is 0.0994. The molecule has 124 heavy (non-hydrogen) atoms. The van der Waals surface area contributed by atoms with E-state index in [4.69, 9.17) is 0 Å². The van der Waals surface area contributed by atoms with Crippen molar-refractivity contribution < 1.29 is 0 Å². The molecule has 0 amide bonds. The molecule has 5 aliphatic rings. The Balaban J connectivity index is 0.952. The maximum absolute atomic E-state index is 4.44. The first-order valence-corrected chi connectivity index (χ1v) is 50.4. The van der Waals surface area contributed by atoms with Gasteiger partial charge in [0.15, 0.2) is 0 Å². The lowest BCUT2D eigenvalue weighted by molar-refractivity contribution is 0.401. The molecule has 0 saturated carbocycles. The van der Waals surface area contributed by atoms with Crippen LogP contribution in [0.4, 0.5) is 0 Å². The molecule has 4 aromatic heterocycles. The molecule has 17 rings (SSSR count). The molecule has 4 aliphatic carbocycles. The lowest BCUT2D eigenvalue weighted by Gasteiger charge is -2.33. The van der Waals surface area contributed by atoms with Gasteiger partial charge >= 0.3 is 0 Å². The lowest BCUT2D eigenvalue weighted by atomic mass is 9.70. The van der Waals surface area contributed by atoms with E-state index >= 15 is 0 Å². The summed E-state index contributed by atoms with van der Waals surface area (Å²) in [4.78, 5) is 17.7. The average molecular weight is 1640 g/mol. The number of hydrogen-bond acceptors (Lipinski definition) is 0. The fraction of sp³-hybridized carbons (Fsp3) is 0.433. The minimum atomic E-state index is -0.0994. The molecule has 0 spiro atoms. The Kier molecular flexibility index (Phi) is 27.5. The van der Waals surface area contributed by atoms with E-state index in [1.54, 1.807) is 0 Å². The van der Waals surface area contributed by atoms with Gasteiger partial charge in [0.1, 0.15) is 0 Å². The third kappa shape index (κ3) is 16.5. The van der Waals surface area contributed by atoms with Crippen LogP contribution in [-0.2, 0) is 21.7 Å². The topological polar surface area (TPSA) is 63.2 Å². The highest BCUT2D eigenvalue weighted by Crippen LogP contribution is 2.60. The van der Waals surface area contributed by atoms with Crippen molar-refractivity contribution in [3.8, 4) is 44.5 Å². The van der Waals surface area contributed by atoms with Gasteiger partial charge < -0.3 is 19.9 Å². The highest BCUT2D eigenvalue weighted by Gasteiger charge is 2.47. The molecule has 644 valence electrons. The highest BCUT2D eigenvalue weighted by atomic mass is 14.8. The normalized spacial score (nSPS) is 15.0. The van der Waals surface area contributed by atoms with Crippen molar-refractivity contribution in [3.05, 3.63) is 329 Å². The van der Waals surface area contributed by atoms with Crippen LogP contribution in [0.2, 0.25) is 0 Å². The summed E-state index contributed by atoms with van der Waals surface area (Å²) in [5.41, 5.74) is 37.3. The number of aromatic amines is 4. The SMILES string of the molecule is CCCCCCC1(CCCCCC)c2ccccc2-c2ccc(C3=c4ccc([nH]4)=C(c4ccc5c(c4)C(CCCCCC)(CCCCCC)c4ccccc4-5)c4ccc([nH]4)C(c4ccc5c(c4)C(CCCCCC)(CCCCCC)c4ccccc4-5)=c4ccc([nH]4)=C(c4ccc5c(c4)C(CCCCCC)(CCCCCC)c4ccccc4-5)c4ccc3[nH]4)cc21. The number of nitrogens with one attached hydrogen (secondary N) is 4. The Labute approximate surface area is 745 Å². The second-order valence-corrected chi connectivity index (χ2v) is 38.7. The first-order chi connectivity index (χ1) is 61.1. The first kappa shape index (κ1) is 86.5. The number of aromatic nitrogens is 4. The number of benzene rings is 8. The quantitative estimate of drug-likeness (QED) is 0.0275. The van der Waals surface area contributed by atoms with Gasteiger partial charge in [0.05, 0.1) is 0 Å². The van der Waals surface area contributed by atoms with Crippen LogP contribution in [0, 0.1) is 0 Å². The zero-order chi connectivity index (χ0) is 85.0. The van der Waals surface area contributed by atoms with Crippen LogP contribution >= 0.6 is 0 Å². The summed E-state index contributed by atoms with van der Waals surface area (Å²) in [7, 11) is 0. The van der Waals surface area contributed by atoms with Crippen molar-refractivity contribution in [2.24, 2.45) is 0 Å². The molecule has 4 N–H and O–H groups in total. The molecule has 0 saturated heterocycles. The number of hydrogen-bond donors (Lipinski definition) is 4. The minimum Gasteiger partial charge on any atom is -0.354 e. The third-order valence-corrected chi connectivity index (χ3v) is 30.8. The number of H-pyrrole nitrogens is 4. The van der Waals surface area contributed by atoms with Gasteiger partial charge in [-0.2, -0.15) is 0 Å². The van der Waals surface area contributed by atoms with E-state index in [9.17, 15) is 0 Å². The molecule has 0 unspecified atom stereocenters. The molecule has 4 heteroatoms. The molecule has 0 atom stereocenters. The standard InChI is InChI=1S/C120H144N4/c1-9-17-25-41-73-117(74-42-26-18-10-2)97-53-37-33-49-89(97)93-61-57-85(81-101(93)117)113-105-65-67-107(121-105)114(86-58-62-94-90-50-34-38-54-98(90)118(102(94)82-86,75-43-27-19-11-3)76-44-28-20-12-4)109-69-71-111(123-109)116(88-60-64-96-92-52-36-40-56-100(92)120(104(96)84-88,79-47-31-23-15-7)80-48-32-24-16-8)112-72-70-110(124-112)115(108-68-66-106(113)122-108)87-59-63-95-91-51-35-39-55-99(91)119(103(95)83-87,77-45-29-21-13-5)78-46-30-22-14-6/h33-40,49-72,81-84,121-124H,9-32,41-48,73-80H2,1-8H3. The van der Waals surface area contributed by atoms with Crippen LogP contribution in [0.1, 0.15) is 402 Å². The van der Waals surface area contributed by atoms with Crippen molar-refractivity contribution in [2.75, 3.05) is 0 Å². The predicted molar refractivity (Wildman–Crippen MR) is 529 cm³/mol. The monoisotopic (exact) mass is 1640 g/mol. The highest BCUT2D eigenvalue weighted by molar-refractivity contribution is 5.92. The van der Waals surface area contributed by atoms with Gasteiger partial charge in [-0.3, -0.25) is 0 Å². The summed E-state index contributed by atoms with van der Waals surface area (Å²) in [6.45, 7) is 18.9. The molecular formula is C120H144N4. The van der Waals surface area contributed by atoms with Gasteiger partial charge in [-0.25, -0.2) is 0 Å². The zero-order valence-electron chi connectivity index (χ0n) is 77.1. The molecule has 0 fully saturated rings. The van der Waals surface area contributed by atoms with Crippen LogP contribution in [0.5, 0.6) is 0 Å². The Morgan fingerprint density at radius 1 is 0.169 bits per heavy atom. The summed E-state index contributed by atoms with van der Waals surface area (Å²) in [5.74, 6) is 0. The summed E-state index contributed by atoms with van der Waals surface area (Å²) in [6.07, 6.45) is 49.1. The third-order valence-electron chi connectivity index (χ3n) is 30.8. The Morgan fingerprint density at radius 2 is 0.355 bits per heavy atom. The van der Waals surface area contributed by atoms with Crippen molar-refractivity contribution in [1.29, 1.82) is 0 Å². The van der Waals surface area contributed by atoms with Gasteiger partial charge in [-0.15, -0.1) is 0 Å². The lowest BCUT2D eigenvalue weighted by Crippen LogP contribution is -2.26. The van der Waals surface area contributed by atoms with Gasteiger partial charge in [0.25, 0.3) is 0 Å². The number of fused-ring (bicyclic) bond motifs is 20. The first-order valence-electron chi connectivity index (χ1n) is 50.4. The van der Waals surface area contributed by atoms with E-state index in [1.165, 1.54) is 339 Å². The van der Waals surface area contributed by atoms with E-state index < -0.39 is 0 Å². The average Bonchev–Trinajstić information content (AvgIpc) is 1.57. The van der Waals surface area contributed by atoms with Crippen molar-refractivity contribution in [3.63, 3.8) is 0 Å². The summed E-state index contributed by atoms with van der Waals surface area (Å²) < 4.78 is 0. The number of unbranched alkanes of at least 4 members (excludes halogenated alkanes) is 24. The van der Waals surface area contributed by atoms with Crippen molar-refractivity contribution in [2.45, 2.75) is 334 Å². The maximum Gasteiger partial charge on any atom is 0.0485 e. The van der Waals surface area contributed by atoms with Crippen molar-refractivity contribution >= 4 is 22.3 Å². The molecule has 8 bridgehead atoms. The maximum atomic E-state index is 4.44. The van der Waals surface area contributed by atoms with Gasteiger partial charge in [0, 0.05) is 88.1 Å². The fourth-order valence-electron chi connectivity index (χ4n) is 24.5. The second kappa shape index (κ2) is 39.5. The molecular weight excluding hydrogens is 1500 g/mol. The number of rotatable bonds is 44. The van der Waals surface area contributed by atoms with Crippen LogP contribution < -0.4 is 21.4 Å². The second-order valence-electron chi connectivity index (χ2n) is 38.7. The van der Waals surface area contributed by atoms with Gasteiger partial charge in [0.2, 0.25) is 0 Å². The van der Waals surface area contributed by atoms with Gasteiger partial charge in [-0.05, 0) is 235 Å². The van der Waals surface area contributed by atoms with Crippen LogP contribution in [0.15, 0.2) is 218 Å². The molecule has 12 aromatic rings. The smallest absolute Gasteiger partial charge is 0.0485 e. The molecule has 1 aliphatic heterocycles. The summed E-state index contributed by atoms with van der Waals surface area (Å²) in [6, 6.07) is 88.8. The largest absolute Gasteiger partial charge is 0.354 e. The predicted octanol–water partition coefficient (Wildman–Crippen LogP) is 31.1. The van der Waals surface area contributed by atoms with Crippen LogP contribution in [-0.4, -0.2) is 19.9 Å². The van der Waals surface area contributed by atoms with Gasteiger partial charge in [-0.1, -0.05) is 406 Å². The Morgan fingerprint density at radius 3 is 0.548 bits per heavy atom. The van der Waals surface area contributed by atoms with Crippen molar-refractivity contribution in [1.82, 2.24) is 19.9 Å². The molecule has 8 aromatic carbocycles. The summed E-state index contributed by atoms with van der Waals surface area (Å²) in [5, 5.41) is 4.43. The fourth-order valence-corrected chi connectivity index (χ4v) is 24.5. The Bertz CT molecular complexity index is 5180. The Hall–Kier alpha value is -9.64. The van der Waals surface area contributed by atoms with Crippen LogP contribution in [0.25, 0.3) is 66.8 Å². The molecule has 5 heterocycles. The molecule has 0 radical (unpaired) electrons. The van der Waals surface area contributed by atoms with E-state index in [0.717, 1.165) is 95.5 Å². The van der Waals surface area contributed by atoms with E-state index in [2.05, 4.69) is 294 Å². The zero-order valence-corrected chi connectivity index (χ0v) is 77.1. The van der Waals surface area contributed by atoms with E-state index in [-0.39, 0.29) is 21.7 Å². The van der Waals surface area contributed by atoms with E-state index in [0.29, 0.717) is 0 Å². The molecule has 4 nitrogen and oxygen atoms in total. The van der Waals surface area contributed by atoms with Crippen LogP contribution in [0.3, 0.4) is 0 Å². The summed E-state index contributed by atoms with van der Waals surface area (Å²) >= 11 is 0. The van der Waals surface area contributed by atoms with E-state index in [1.807, 2.05) is 0 Å².